The first-order chi connectivity index (χ1) is 31.7. The standard InChI is InChI=1S/C57H29N5O2/c1-60-53-49(35-25-23-33(31-58)24-26-35)42(32-59)54(61-43-19-9-5-17-40(43)51-45(61)29-27-38-36-15-7-11-21-47(36)63-56(38)51)50(34-13-3-2-4-14-34)55(53)62-44-20-10-6-18-41(44)52-46(62)30-28-39-37-16-8-12-22-48(37)64-57(39)52/h2-30H. The fraction of sp³-hybridized carbons (Fsp3) is 0. The van der Waals surface area contributed by atoms with E-state index in [4.69, 9.17) is 15.4 Å². The van der Waals surface area contributed by atoms with E-state index in [2.05, 4.69) is 98.9 Å². The molecule has 9 aromatic carbocycles. The lowest BCUT2D eigenvalue weighted by Crippen LogP contribution is -2.08. The van der Waals surface area contributed by atoms with Crippen LogP contribution in [-0.2, 0) is 0 Å². The summed E-state index contributed by atoms with van der Waals surface area (Å²) in [5, 5.41) is 29.5. The summed E-state index contributed by atoms with van der Waals surface area (Å²) < 4.78 is 17.8. The molecule has 0 atom stereocenters. The Morgan fingerprint density at radius 3 is 1.44 bits per heavy atom. The molecule has 0 bridgehead atoms. The molecule has 0 unspecified atom stereocenters. The van der Waals surface area contributed by atoms with Crippen molar-refractivity contribution in [2.75, 3.05) is 0 Å². The summed E-state index contributed by atoms with van der Waals surface area (Å²) in [6.07, 6.45) is 0. The van der Waals surface area contributed by atoms with E-state index >= 15 is 0 Å². The zero-order valence-electron chi connectivity index (χ0n) is 33.8. The zero-order valence-corrected chi connectivity index (χ0v) is 33.8. The van der Waals surface area contributed by atoms with Crippen LogP contribution in [0.5, 0.6) is 0 Å². The van der Waals surface area contributed by atoms with Crippen LogP contribution in [0.2, 0.25) is 0 Å². The van der Waals surface area contributed by atoms with Gasteiger partial charge in [0.25, 0.3) is 0 Å². The molecule has 0 aliphatic heterocycles. The Labute approximate surface area is 364 Å². The van der Waals surface area contributed by atoms with Crippen LogP contribution in [0.1, 0.15) is 11.1 Å². The molecule has 0 aliphatic rings. The average Bonchev–Trinajstić information content (AvgIpc) is 4.11. The molecule has 13 rings (SSSR count). The van der Waals surface area contributed by atoms with Crippen molar-refractivity contribution in [1.29, 1.82) is 10.5 Å². The normalized spacial score (nSPS) is 11.7. The highest BCUT2D eigenvalue weighted by Crippen LogP contribution is 2.53. The largest absolute Gasteiger partial charge is 0.455 e. The van der Waals surface area contributed by atoms with Gasteiger partial charge in [0.15, 0.2) is 0 Å². The SMILES string of the molecule is [C-]#[N+]c1c(-c2ccc(C#N)cc2)c(C#N)c(-n2c3ccccc3c3c4oc5ccccc5c4ccc32)c(-c2ccccc2)c1-n1c2ccccc2c2c3oc4ccccc4c3ccc21. The van der Waals surface area contributed by atoms with Crippen molar-refractivity contribution in [2.45, 2.75) is 0 Å². The maximum absolute atomic E-state index is 11.8. The number of fused-ring (bicyclic) bond motifs is 14. The molecule has 0 aliphatic carbocycles. The van der Waals surface area contributed by atoms with Crippen molar-refractivity contribution >= 4 is 93.2 Å². The molecule has 7 nitrogen and oxygen atoms in total. The molecule has 0 N–H and O–H groups in total. The maximum Gasteiger partial charge on any atom is 0.220 e. The summed E-state index contributed by atoms with van der Waals surface area (Å²) in [6, 6.07) is 63.2. The van der Waals surface area contributed by atoms with E-state index in [1.165, 1.54) is 0 Å². The van der Waals surface area contributed by atoms with Gasteiger partial charge < -0.3 is 18.0 Å². The lowest BCUT2D eigenvalue weighted by atomic mass is 9.88. The minimum absolute atomic E-state index is 0.302. The van der Waals surface area contributed by atoms with E-state index in [1.54, 1.807) is 12.1 Å². The van der Waals surface area contributed by atoms with Crippen LogP contribution in [0.25, 0.3) is 126 Å². The molecule has 64 heavy (non-hydrogen) atoms. The molecule has 294 valence electrons. The summed E-state index contributed by atoms with van der Waals surface area (Å²) in [5.41, 5.74) is 11.5. The van der Waals surface area contributed by atoms with Crippen LogP contribution in [-0.4, -0.2) is 9.13 Å². The minimum Gasteiger partial charge on any atom is -0.455 e. The highest BCUT2D eigenvalue weighted by molar-refractivity contribution is 6.26. The lowest BCUT2D eigenvalue weighted by Gasteiger charge is -2.25. The van der Waals surface area contributed by atoms with Gasteiger partial charge in [0, 0.05) is 43.4 Å². The van der Waals surface area contributed by atoms with Gasteiger partial charge in [0.2, 0.25) is 5.69 Å². The van der Waals surface area contributed by atoms with Crippen LogP contribution in [0.4, 0.5) is 5.69 Å². The van der Waals surface area contributed by atoms with Crippen molar-refractivity contribution in [3.63, 3.8) is 0 Å². The van der Waals surface area contributed by atoms with Gasteiger partial charge in [0.05, 0.1) is 68.0 Å². The number of rotatable bonds is 4. The maximum atomic E-state index is 11.8. The quantitative estimate of drug-likeness (QED) is 0.166. The first kappa shape index (κ1) is 35.4. The van der Waals surface area contributed by atoms with E-state index in [0.717, 1.165) is 93.1 Å². The molecule has 7 heteroatoms. The molecule has 0 fully saturated rings. The fourth-order valence-corrected chi connectivity index (χ4v) is 10.2. The van der Waals surface area contributed by atoms with E-state index in [-0.39, 0.29) is 0 Å². The molecule has 0 spiro atoms. The van der Waals surface area contributed by atoms with Gasteiger partial charge in [-0.2, -0.15) is 10.5 Å². The van der Waals surface area contributed by atoms with Gasteiger partial charge in [0.1, 0.15) is 28.4 Å². The summed E-state index contributed by atoms with van der Waals surface area (Å²) in [4.78, 5) is 4.43. The highest BCUT2D eigenvalue weighted by atomic mass is 16.3. The molecule has 0 saturated heterocycles. The number of nitrogens with zero attached hydrogens (tertiary/aromatic N) is 5. The summed E-state index contributed by atoms with van der Waals surface area (Å²) >= 11 is 0. The second-order valence-corrected chi connectivity index (χ2v) is 16.0. The molecule has 0 radical (unpaired) electrons. The Hall–Kier alpha value is -9.35. The number of para-hydroxylation sites is 4. The molecular weight excluding hydrogens is 787 g/mol. The van der Waals surface area contributed by atoms with Gasteiger partial charge in [-0.15, -0.1) is 0 Å². The zero-order chi connectivity index (χ0) is 42.6. The van der Waals surface area contributed by atoms with Gasteiger partial charge in [-0.3, -0.25) is 0 Å². The summed E-state index contributed by atoms with van der Waals surface area (Å²) in [5.74, 6) is 0. The van der Waals surface area contributed by atoms with E-state index in [0.29, 0.717) is 44.9 Å². The Morgan fingerprint density at radius 1 is 0.422 bits per heavy atom. The second-order valence-electron chi connectivity index (χ2n) is 16.0. The van der Waals surface area contributed by atoms with Crippen LogP contribution < -0.4 is 0 Å². The fourth-order valence-electron chi connectivity index (χ4n) is 10.2. The van der Waals surface area contributed by atoms with Gasteiger partial charge >= 0.3 is 0 Å². The van der Waals surface area contributed by atoms with Crippen LogP contribution >= 0.6 is 0 Å². The highest BCUT2D eigenvalue weighted by Gasteiger charge is 2.32. The monoisotopic (exact) mass is 815 g/mol. The Morgan fingerprint density at radius 2 is 0.906 bits per heavy atom. The Balaban J connectivity index is 1.29. The third-order valence-corrected chi connectivity index (χ3v) is 12.8. The Bertz CT molecular complexity index is 4050. The van der Waals surface area contributed by atoms with Gasteiger partial charge in [-0.05, 0) is 71.8 Å². The summed E-state index contributed by atoms with van der Waals surface area (Å²) in [6.45, 7) is 9.17. The average molecular weight is 816 g/mol. The van der Waals surface area contributed by atoms with E-state index in [9.17, 15) is 10.5 Å². The number of benzene rings is 9. The topological polar surface area (TPSA) is 88.1 Å². The van der Waals surface area contributed by atoms with Crippen molar-refractivity contribution in [3.05, 3.63) is 198 Å². The first-order valence-electron chi connectivity index (χ1n) is 20.9. The van der Waals surface area contributed by atoms with Gasteiger partial charge in [-0.1, -0.05) is 115 Å². The first-order valence-corrected chi connectivity index (χ1v) is 20.9. The van der Waals surface area contributed by atoms with E-state index in [1.807, 2.05) is 91.0 Å². The molecule has 4 aromatic heterocycles. The van der Waals surface area contributed by atoms with Crippen molar-refractivity contribution in [2.24, 2.45) is 0 Å². The predicted molar refractivity (Wildman–Crippen MR) is 256 cm³/mol. The van der Waals surface area contributed by atoms with Crippen LogP contribution in [0.15, 0.2) is 185 Å². The van der Waals surface area contributed by atoms with Crippen molar-refractivity contribution in [1.82, 2.24) is 9.13 Å². The third-order valence-electron chi connectivity index (χ3n) is 12.8. The molecule has 13 aromatic rings. The molecule has 4 heterocycles. The number of furan rings is 2. The van der Waals surface area contributed by atoms with Crippen LogP contribution in [0, 0.1) is 29.2 Å². The minimum atomic E-state index is 0.302. The van der Waals surface area contributed by atoms with E-state index < -0.39 is 0 Å². The number of aromatic nitrogens is 2. The third kappa shape index (κ3) is 4.71. The second kappa shape index (κ2) is 13.3. The number of hydrogen-bond donors (Lipinski definition) is 0. The summed E-state index contributed by atoms with van der Waals surface area (Å²) in [7, 11) is 0. The van der Waals surface area contributed by atoms with Crippen molar-refractivity contribution < 1.29 is 8.83 Å². The van der Waals surface area contributed by atoms with Gasteiger partial charge in [-0.25, -0.2) is 4.85 Å². The van der Waals surface area contributed by atoms with Crippen molar-refractivity contribution in [3.8, 4) is 45.8 Å². The number of nitriles is 2. The smallest absolute Gasteiger partial charge is 0.220 e. The number of hydrogen-bond acceptors (Lipinski definition) is 4. The molecular formula is C57H29N5O2. The predicted octanol–water partition coefficient (Wildman–Crippen LogP) is 15.3. The Kier molecular flexibility index (Phi) is 7.37. The van der Waals surface area contributed by atoms with Crippen LogP contribution in [0.3, 0.4) is 0 Å². The molecule has 0 amide bonds. The molecule has 0 saturated carbocycles. The lowest BCUT2D eigenvalue weighted by molar-refractivity contribution is 0.672.